The Morgan fingerprint density at radius 1 is 0.743 bits per heavy atom. The van der Waals surface area contributed by atoms with Crippen molar-refractivity contribution in [1.29, 1.82) is 0 Å². The second-order valence-electron chi connectivity index (χ2n) is 8.26. The third-order valence-corrected chi connectivity index (χ3v) is 5.86. The Labute approximate surface area is 203 Å². The maximum Gasteiger partial charge on any atom is 0.303 e. The molecular weight excluding hydrogens is 440 g/mol. The van der Waals surface area contributed by atoms with Crippen LogP contribution in [0.3, 0.4) is 0 Å². The highest BCUT2D eigenvalue weighted by molar-refractivity contribution is 5.98. The quantitative estimate of drug-likeness (QED) is 0.331. The van der Waals surface area contributed by atoms with Gasteiger partial charge in [0.05, 0.1) is 0 Å². The standard InChI is InChI=1S/C29H26N2O4/c32-27(33)18-17-26(29(35)30-19-24-11-6-10-22-9-4-5-12-25(22)24)31-28(34)23-15-13-21(14-16-23)20-7-2-1-3-8-20/h1-16,26H,17-19H2,(H,30,35)(H,31,34)(H,32,33)/t26-/m0/s1. The van der Waals surface area contributed by atoms with Gasteiger partial charge in [-0.1, -0.05) is 84.9 Å². The third kappa shape index (κ3) is 6.12. The molecule has 0 aliphatic carbocycles. The van der Waals surface area contributed by atoms with Crippen LogP contribution in [0.1, 0.15) is 28.8 Å². The predicted octanol–water partition coefficient (Wildman–Crippen LogP) is 4.79. The van der Waals surface area contributed by atoms with Crippen molar-refractivity contribution in [3.8, 4) is 11.1 Å². The van der Waals surface area contributed by atoms with Gasteiger partial charge in [-0.05, 0) is 46.0 Å². The molecule has 3 N–H and O–H groups in total. The Bertz CT molecular complexity index is 1330. The van der Waals surface area contributed by atoms with Crippen LogP contribution < -0.4 is 10.6 Å². The number of fused-ring (bicyclic) bond motifs is 1. The Balaban J connectivity index is 1.44. The van der Waals surface area contributed by atoms with Crippen molar-refractivity contribution in [3.63, 3.8) is 0 Å². The average molecular weight is 467 g/mol. The molecule has 2 amide bonds. The van der Waals surface area contributed by atoms with Gasteiger partial charge in [0, 0.05) is 18.5 Å². The molecule has 0 heterocycles. The minimum Gasteiger partial charge on any atom is -0.481 e. The van der Waals surface area contributed by atoms with Crippen LogP contribution >= 0.6 is 0 Å². The highest BCUT2D eigenvalue weighted by Gasteiger charge is 2.22. The van der Waals surface area contributed by atoms with Crippen molar-refractivity contribution in [2.24, 2.45) is 0 Å². The van der Waals surface area contributed by atoms with E-state index in [1.807, 2.05) is 84.9 Å². The molecule has 176 valence electrons. The first-order valence-corrected chi connectivity index (χ1v) is 11.4. The first-order chi connectivity index (χ1) is 17.0. The van der Waals surface area contributed by atoms with Gasteiger partial charge in [-0.25, -0.2) is 0 Å². The number of benzene rings is 4. The largest absolute Gasteiger partial charge is 0.481 e. The summed E-state index contributed by atoms with van der Waals surface area (Å²) in [6, 6.07) is 29.6. The molecule has 0 unspecified atom stereocenters. The van der Waals surface area contributed by atoms with E-state index < -0.39 is 23.8 Å². The SMILES string of the molecule is O=C(O)CC[C@H](NC(=O)c1ccc(-c2ccccc2)cc1)C(=O)NCc1cccc2ccccc12. The van der Waals surface area contributed by atoms with Crippen LogP contribution in [-0.4, -0.2) is 28.9 Å². The minimum absolute atomic E-state index is 0.00938. The Hall–Kier alpha value is -4.45. The van der Waals surface area contributed by atoms with Crippen molar-refractivity contribution in [1.82, 2.24) is 10.6 Å². The van der Waals surface area contributed by atoms with Crippen LogP contribution in [0.25, 0.3) is 21.9 Å². The molecule has 0 saturated carbocycles. The van der Waals surface area contributed by atoms with Crippen LogP contribution in [0, 0.1) is 0 Å². The van der Waals surface area contributed by atoms with Gasteiger partial charge in [0.25, 0.3) is 5.91 Å². The van der Waals surface area contributed by atoms with Crippen LogP contribution in [0.4, 0.5) is 0 Å². The molecule has 0 radical (unpaired) electrons. The maximum absolute atomic E-state index is 13.0. The van der Waals surface area contributed by atoms with Crippen molar-refractivity contribution in [2.45, 2.75) is 25.4 Å². The molecule has 0 aromatic heterocycles. The van der Waals surface area contributed by atoms with E-state index in [9.17, 15) is 14.4 Å². The fourth-order valence-electron chi connectivity index (χ4n) is 3.98. The lowest BCUT2D eigenvalue weighted by Gasteiger charge is -2.18. The molecule has 0 saturated heterocycles. The molecule has 6 nitrogen and oxygen atoms in total. The number of amides is 2. The Morgan fingerprint density at radius 3 is 2.14 bits per heavy atom. The van der Waals surface area contributed by atoms with Crippen LogP contribution in [0.5, 0.6) is 0 Å². The highest BCUT2D eigenvalue weighted by atomic mass is 16.4. The van der Waals surface area contributed by atoms with Crippen molar-refractivity contribution >= 4 is 28.6 Å². The topological polar surface area (TPSA) is 95.5 Å². The zero-order valence-corrected chi connectivity index (χ0v) is 19.1. The van der Waals surface area contributed by atoms with Gasteiger partial charge < -0.3 is 15.7 Å². The lowest BCUT2D eigenvalue weighted by atomic mass is 10.0. The molecule has 4 aromatic carbocycles. The molecule has 0 spiro atoms. The summed E-state index contributed by atoms with van der Waals surface area (Å²) in [5.41, 5.74) is 3.34. The zero-order chi connectivity index (χ0) is 24.6. The summed E-state index contributed by atoms with van der Waals surface area (Å²) in [4.78, 5) is 37.0. The van der Waals surface area contributed by atoms with Crippen molar-refractivity contribution < 1.29 is 19.5 Å². The van der Waals surface area contributed by atoms with E-state index in [1.165, 1.54) is 0 Å². The van der Waals surface area contributed by atoms with E-state index in [0.717, 1.165) is 27.5 Å². The molecule has 0 aliphatic rings. The fourth-order valence-corrected chi connectivity index (χ4v) is 3.98. The molecular formula is C29H26N2O4. The second kappa shape index (κ2) is 11.1. The van der Waals surface area contributed by atoms with Crippen molar-refractivity contribution in [3.05, 3.63) is 108 Å². The monoisotopic (exact) mass is 466 g/mol. The fraction of sp³-hybridized carbons (Fsp3) is 0.138. The summed E-state index contributed by atoms with van der Waals surface area (Å²) in [5.74, 6) is -1.88. The molecule has 1 atom stereocenters. The highest BCUT2D eigenvalue weighted by Crippen LogP contribution is 2.20. The summed E-state index contributed by atoms with van der Waals surface area (Å²) in [6.07, 6.45) is -0.246. The number of carboxylic acids is 1. The number of hydrogen-bond donors (Lipinski definition) is 3. The van der Waals surface area contributed by atoms with E-state index in [-0.39, 0.29) is 19.4 Å². The third-order valence-electron chi connectivity index (χ3n) is 5.86. The van der Waals surface area contributed by atoms with Gasteiger partial charge in [0.15, 0.2) is 0 Å². The zero-order valence-electron chi connectivity index (χ0n) is 19.1. The van der Waals surface area contributed by atoms with Crippen LogP contribution in [0.15, 0.2) is 97.1 Å². The van der Waals surface area contributed by atoms with E-state index in [0.29, 0.717) is 5.56 Å². The summed E-state index contributed by atoms with van der Waals surface area (Å²) in [5, 5.41) is 16.8. The number of carbonyl (C=O) groups is 3. The second-order valence-corrected chi connectivity index (χ2v) is 8.26. The lowest BCUT2D eigenvalue weighted by Crippen LogP contribution is -2.46. The molecule has 0 bridgehead atoms. The maximum atomic E-state index is 13.0. The summed E-state index contributed by atoms with van der Waals surface area (Å²) >= 11 is 0. The molecule has 0 fully saturated rings. The van der Waals surface area contributed by atoms with Gasteiger partial charge in [0.2, 0.25) is 5.91 Å². The lowest BCUT2D eigenvalue weighted by molar-refractivity contribution is -0.137. The van der Waals surface area contributed by atoms with E-state index in [4.69, 9.17) is 5.11 Å². The molecule has 6 heteroatoms. The van der Waals surface area contributed by atoms with Gasteiger partial charge in [-0.3, -0.25) is 14.4 Å². The Morgan fingerprint density at radius 2 is 1.40 bits per heavy atom. The number of nitrogens with one attached hydrogen (secondary N) is 2. The average Bonchev–Trinajstić information content (AvgIpc) is 2.90. The predicted molar refractivity (Wildman–Crippen MR) is 136 cm³/mol. The first-order valence-electron chi connectivity index (χ1n) is 11.4. The van der Waals surface area contributed by atoms with E-state index in [2.05, 4.69) is 10.6 Å². The number of rotatable bonds is 9. The van der Waals surface area contributed by atoms with Crippen molar-refractivity contribution in [2.75, 3.05) is 0 Å². The van der Waals surface area contributed by atoms with Gasteiger partial charge in [-0.2, -0.15) is 0 Å². The van der Waals surface area contributed by atoms with Crippen LogP contribution in [-0.2, 0) is 16.1 Å². The van der Waals surface area contributed by atoms with Gasteiger partial charge in [0.1, 0.15) is 6.04 Å². The number of carbonyl (C=O) groups excluding carboxylic acids is 2. The van der Waals surface area contributed by atoms with E-state index in [1.54, 1.807) is 12.1 Å². The van der Waals surface area contributed by atoms with Crippen LogP contribution in [0.2, 0.25) is 0 Å². The number of aliphatic carboxylic acids is 1. The first kappa shape index (κ1) is 23.7. The molecule has 4 aromatic rings. The summed E-state index contributed by atoms with van der Waals surface area (Å²) < 4.78 is 0. The summed E-state index contributed by atoms with van der Waals surface area (Å²) in [6.45, 7) is 0.269. The minimum atomic E-state index is -1.03. The number of hydrogen-bond acceptors (Lipinski definition) is 3. The van der Waals surface area contributed by atoms with E-state index >= 15 is 0 Å². The normalized spacial score (nSPS) is 11.5. The molecule has 0 aliphatic heterocycles. The molecule has 4 rings (SSSR count). The molecule has 35 heavy (non-hydrogen) atoms. The number of carboxylic acid groups (broad SMARTS) is 1. The van der Waals surface area contributed by atoms with Gasteiger partial charge >= 0.3 is 5.97 Å². The smallest absolute Gasteiger partial charge is 0.303 e. The van der Waals surface area contributed by atoms with Gasteiger partial charge in [-0.15, -0.1) is 0 Å². The summed E-state index contributed by atoms with van der Waals surface area (Å²) in [7, 11) is 0. The Kier molecular flexibility index (Phi) is 7.53.